The van der Waals surface area contributed by atoms with Crippen LogP contribution in [0.25, 0.3) is 0 Å². The Labute approximate surface area is 165 Å². The summed E-state index contributed by atoms with van der Waals surface area (Å²) in [5.74, 6) is -0.686. The Morgan fingerprint density at radius 1 is 1.19 bits per heavy atom. The molecule has 152 valence electrons. The quantitative estimate of drug-likeness (QED) is 0.624. The lowest BCUT2D eigenvalue weighted by Crippen LogP contribution is -2.51. The van der Waals surface area contributed by atoms with Crippen molar-refractivity contribution in [1.82, 2.24) is 14.5 Å². The molecule has 1 fully saturated rings. The summed E-state index contributed by atoms with van der Waals surface area (Å²) in [6.07, 6.45) is 4.42. The van der Waals surface area contributed by atoms with Gasteiger partial charge in [0.05, 0.1) is 16.5 Å². The third kappa shape index (κ3) is 6.41. The van der Waals surface area contributed by atoms with E-state index in [0.717, 1.165) is 31.4 Å². The van der Waals surface area contributed by atoms with E-state index < -0.39 is 15.8 Å². The fourth-order valence-corrected chi connectivity index (χ4v) is 4.65. The zero-order chi connectivity index (χ0) is 19.9. The van der Waals surface area contributed by atoms with Gasteiger partial charge >= 0.3 is 0 Å². The summed E-state index contributed by atoms with van der Waals surface area (Å²) in [7, 11) is -3.72. The zero-order valence-corrected chi connectivity index (χ0v) is 17.2. The molecule has 0 aliphatic carbocycles. The monoisotopic (exact) mass is 419 g/mol. The third-order valence-corrected chi connectivity index (χ3v) is 6.76. The molecule has 1 aliphatic heterocycles. The highest BCUT2D eigenvalue weighted by molar-refractivity contribution is 7.89. The van der Waals surface area contributed by atoms with Crippen molar-refractivity contribution >= 4 is 27.5 Å². The molecule has 0 atom stereocenters. The van der Waals surface area contributed by atoms with Crippen LogP contribution in [0.2, 0.25) is 5.02 Å². The number of sulfonamides is 1. The van der Waals surface area contributed by atoms with Crippen LogP contribution in [0, 0.1) is 5.82 Å². The minimum absolute atomic E-state index is 0.0211. The first-order valence-electron chi connectivity index (χ1n) is 9.29. The predicted octanol–water partition coefficient (Wildman–Crippen LogP) is 2.48. The van der Waals surface area contributed by atoms with Gasteiger partial charge in [0, 0.05) is 32.7 Å². The van der Waals surface area contributed by atoms with Gasteiger partial charge in [0.15, 0.2) is 0 Å². The maximum Gasteiger partial charge on any atom is 0.243 e. The van der Waals surface area contributed by atoms with Gasteiger partial charge in [-0.25, -0.2) is 12.8 Å². The van der Waals surface area contributed by atoms with Crippen LogP contribution in [0.15, 0.2) is 23.1 Å². The minimum atomic E-state index is -3.72. The summed E-state index contributed by atoms with van der Waals surface area (Å²) in [6.45, 7) is 4.59. The minimum Gasteiger partial charge on any atom is -0.355 e. The third-order valence-electron chi connectivity index (χ3n) is 4.58. The molecule has 0 spiro atoms. The number of unbranched alkanes of at least 4 members (excludes halogenated alkanes) is 3. The maximum absolute atomic E-state index is 13.3. The molecule has 1 aliphatic rings. The van der Waals surface area contributed by atoms with Crippen molar-refractivity contribution in [2.45, 2.75) is 37.5 Å². The highest BCUT2D eigenvalue weighted by atomic mass is 35.5. The summed E-state index contributed by atoms with van der Waals surface area (Å²) >= 11 is 5.70. The molecular weight excluding hydrogens is 393 g/mol. The molecule has 0 unspecified atom stereocenters. The van der Waals surface area contributed by atoms with Crippen LogP contribution in [0.3, 0.4) is 0 Å². The van der Waals surface area contributed by atoms with Gasteiger partial charge in [0.1, 0.15) is 5.82 Å². The standard InChI is InChI=1S/C18H27ClFN3O3S/c1-2-3-4-5-8-21-18(24)14-22-9-11-23(12-10-22)27(25,26)15-6-7-17(20)16(19)13-15/h6-7,13H,2-5,8-12,14H2,1H3,(H,21,24). The topological polar surface area (TPSA) is 69.7 Å². The van der Waals surface area contributed by atoms with Crippen LogP contribution in [-0.4, -0.2) is 62.8 Å². The van der Waals surface area contributed by atoms with E-state index in [1.807, 2.05) is 4.90 Å². The van der Waals surface area contributed by atoms with Crippen LogP contribution < -0.4 is 5.32 Å². The molecule has 1 aromatic carbocycles. The second-order valence-electron chi connectivity index (χ2n) is 6.67. The van der Waals surface area contributed by atoms with E-state index >= 15 is 0 Å². The molecule has 6 nitrogen and oxygen atoms in total. The van der Waals surface area contributed by atoms with Crippen LogP contribution in [-0.2, 0) is 14.8 Å². The van der Waals surface area contributed by atoms with Gasteiger partial charge in [-0.05, 0) is 24.6 Å². The first-order chi connectivity index (χ1) is 12.8. The van der Waals surface area contributed by atoms with E-state index in [0.29, 0.717) is 19.6 Å². The molecular formula is C18H27ClFN3O3S. The Hall–Kier alpha value is -1.22. The number of rotatable bonds is 9. The number of benzene rings is 1. The summed E-state index contributed by atoms with van der Waals surface area (Å²) < 4.78 is 39.9. The van der Waals surface area contributed by atoms with Gasteiger partial charge in [-0.2, -0.15) is 4.31 Å². The number of piperazine rings is 1. The lowest BCUT2D eigenvalue weighted by molar-refractivity contribution is -0.122. The molecule has 1 N–H and O–H groups in total. The Morgan fingerprint density at radius 2 is 1.89 bits per heavy atom. The molecule has 1 saturated heterocycles. The SMILES string of the molecule is CCCCCCNC(=O)CN1CCN(S(=O)(=O)c2ccc(F)c(Cl)c2)CC1. The first kappa shape index (κ1) is 22.1. The average Bonchev–Trinajstić information content (AvgIpc) is 2.64. The van der Waals surface area contributed by atoms with Crippen LogP contribution >= 0.6 is 11.6 Å². The number of hydrogen-bond donors (Lipinski definition) is 1. The van der Waals surface area contributed by atoms with Crippen molar-refractivity contribution < 1.29 is 17.6 Å². The lowest BCUT2D eigenvalue weighted by atomic mass is 10.2. The molecule has 0 saturated carbocycles. The highest BCUT2D eigenvalue weighted by Crippen LogP contribution is 2.23. The molecule has 0 bridgehead atoms. The van der Waals surface area contributed by atoms with Gasteiger partial charge in [0.2, 0.25) is 15.9 Å². The van der Waals surface area contributed by atoms with Crippen molar-refractivity contribution in [3.05, 3.63) is 29.0 Å². The fraction of sp³-hybridized carbons (Fsp3) is 0.611. The summed E-state index contributed by atoms with van der Waals surface area (Å²) in [5.41, 5.74) is 0. The molecule has 1 amide bonds. The second kappa shape index (κ2) is 10.4. The van der Waals surface area contributed by atoms with E-state index in [1.54, 1.807) is 0 Å². The van der Waals surface area contributed by atoms with Crippen molar-refractivity contribution in [3.8, 4) is 0 Å². The van der Waals surface area contributed by atoms with Gasteiger partial charge in [-0.1, -0.05) is 37.8 Å². The number of nitrogens with zero attached hydrogens (tertiary/aromatic N) is 2. The Morgan fingerprint density at radius 3 is 2.52 bits per heavy atom. The number of halogens is 2. The van der Waals surface area contributed by atoms with Crippen molar-refractivity contribution in [2.75, 3.05) is 39.3 Å². The van der Waals surface area contributed by atoms with Crippen LogP contribution in [0.1, 0.15) is 32.6 Å². The Bertz CT molecular complexity index is 737. The first-order valence-corrected chi connectivity index (χ1v) is 11.1. The van der Waals surface area contributed by atoms with E-state index in [4.69, 9.17) is 11.6 Å². The predicted molar refractivity (Wildman–Crippen MR) is 104 cm³/mol. The molecule has 27 heavy (non-hydrogen) atoms. The van der Waals surface area contributed by atoms with Crippen molar-refractivity contribution in [2.24, 2.45) is 0 Å². The smallest absolute Gasteiger partial charge is 0.243 e. The normalized spacial score (nSPS) is 16.4. The average molecular weight is 420 g/mol. The summed E-state index contributed by atoms with van der Waals surface area (Å²) in [4.78, 5) is 13.9. The summed E-state index contributed by atoms with van der Waals surface area (Å²) in [6, 6.07) is 3.40. The Balaban J connectivity index is 1.80. The van der Waals surface area contributed by atoms with E-state index in [1.165, 1.54) is 16.8 Å². The zero-order valence-electron chi connectivity index (χ0n) is 15.6. The molecule has 9 heteroatoms. The number of hydrogen-bond acceptors (Lipinski definition) is 4. The van der Waals surface area contributed by atoms with Crippen LogP contribution in [0.4, 0.5) is 4.39 Å². The molecule has 0 radical (unpaired) electrons. The number of amides is 1. The lowest BCUT2D eigenvalue weighted by Gasteiger charge is -2.33. The number of carbonyl (C=O) groups is 1. The second-order valence-corrected chi connectivity index (χ2v) is 9.01. The molecule has 1 heterocycles. The van der Waals surface area contributed by atoms with Crippen LogP contribution in [0.5, 0.6) is 0 Å². The van der Waals surface area contributed by atoms with Gasteiger partial charge in [0.25, 0.3) is 0 Å². The van der Waals surface area contributed by atoms with E-state index in [9.17, 15) is 17.6 Å². The van der Waals surface area contributed by atoms with Crippen molar-refractivity contribution in [1.29, 1.82) is 0 Å². The fourth-order valence-electron chi connectivity index (χ4n) is 2.95. The maximum atomic E-state index is 13.3. The summed E-state index contributed by atoms with van der Waals surface area (Å²) in [5, 5.41) is 2.69. The Kier molecular flexibility index (Phi) is 8.47. The van der Waals surface area contributed by atoms with E-state index in [2.05, 4.69) is 12.2 Å². The molecule has 2 rings (SSSR count). The number of nitrogens with one attached hydrogen (secondary N) is 1. The van der Waals surface area contributed by atoms with Gasteiger partial charge < -0.3 is 5.32 Å². The highest BCUT2D eigenvalue weighted by Gasteiger charge is 2.29. The molecule has 0 aromatic heterocycles. The van der Waals surface area contributed by atoms with Gasteiger partial charge in [-0.15, -0.1) is 0 Å². The largest absolute Gasteiger partial charge is 0.355 e. The number of carbonyl (C=O) groups excluding carboxylic acids is 1. The van der Waals surface area contributed by atoms with E-state index in [-0.39, 0.29) is 35.5 Å². The van der Waals surface area contributed by atoms with Crippen molar-refractivity contribution in [3.63, 3.8) is 0 Å². The van der Waals surface area contributed by atoms with Gasteiger partial charge in [-0.3, -0.25) is 9.69 Å². The molecule has 1 aromatic rings.